The number of rotatable bonds is 1. The van der Waals surface area contributed by atoms with Crippen LogP contribution in [0.4, 0.5) is 0 Å². The lowest BCUT2D eigenvalue weighted by atomic mass is 10.1. The molecule has 1 heterocycles. The van der Waals surface area contributed by atoms with E-state index in [0.29, 0.717) is 11.4 Å². The molecule has 3 heteroatoms. The van der Waals surface area contributed by atoms with Crippen molar-refractivity contribution in [2.75, 3.05) is 0 Å². The summed E-state index contributed by atoms with van der Waals surface area (Å²) in [6, 6.07) is 7.90. The second-order valence-corrected chi connectivity index (χ2v) is 3.22. The van der Waals surface area contributed by atoms with Gasteiger partial charge in [-0.05, 0) is 5.56 Å². The quantitative estimate of drug-likeness (QED) is 0.738. The van der Waals surface area contributed by atoms with Crippen molar-refractivity contribution >= 4 is 22.5 Å². The van der Waals surface area contributed by atoms with Gasteiger partial charge in [-0.2, -0.15) is 5.26 Å². The molecule has 2 nitrogen and oxygen atoms in total. The van der Waals surface area contributed by atoms with E-state index in [1.807, 2.05) is 18.2 Å². The minimum Gasteiger partial charge on any atom is -0.359 e. The molecule has 0 atom stereocenters. The summed E-state index contributed by atoms with van der Waals surface area (Å²) in [4.78, 5) is 3.06. The van der Waals surface area contributed by atoms with Crippen LogP contribution < -0.4 is 0 Å². The minimum absolute atomic E-state index is 0.411. The molecule has 0 amide bonds. The molecule has 2 aromatic rings. The number of nitrogens with one attached hydrogen (secondary N) is 1. The summed E-state index contributed by atoms with van der Waals surface area (Å²) >= 11 is 5.93. The Hall–Kier alpha value is -1.46. The van der Waals surface area contributed by atoms with E-state index < -0.39 is 0 Å². The first-order valence-corrected chi connectivity index (χ1v) is 4.32. The highest BCUT2D eigenvalue weighted by atomic mass is 35.5. The van der Waals surface area contributed by atoms with Gasteiger partial charge in [-0.15, -0.1) is 0 Å². The maximum Gasteiger partial charge on any atom is 0.0670 e. The molecule has 0 aliphatic heterocycles. The average Bonchev–Trinajstić information content (AvgIpc) is 2.50. The van der Waals surface area contributed by atoms with Gasteiger partial charge < -0.3 is 4.98 Å². The van der Waals surface area contributed by atoms with Crippen LogP contribution in [0.1, 0.15) is 5.56 Å². The molecule has 0 aliphatic carbocycles. The Kier molecular flexibility index (Phi) is 1.96. The number of hydrogen-bond donors (Lipinski definition) is 1. The number of para-hydroxylation sites is 1. The zero-order valence-corrected chi connectivity index (χ0v) is 7.60. The van der Waals surface area contributed by atoms with Crippen LogP contribution in [0.25, 0.3) is 10.9 Å². The lowest BCUT2D eigenvalue weighted by molar-refractivity contribution is 1.27. The van der Waals surface area contributed by atoms with Gasteiger partial charge in [0.2, 0.25) is 0 Å². The Morgan fingerprint density at radius 2 is 2.31 bits per heavy atom. The molecule has 1 N–H and O–H groups in total. The molecule has 0 saturated carbocycles. The number of nitrogens with zero attached hydrogens (tertiary/aromatic N) is 1. The monoisotopic (exact) mass is 190 g/mol. The number of H-pyrrole nitrogens is 1. The van der Waals surface area contributed by atoms with Crippen molar-refractivity contribution in [1.29, 1.82) is 5.26 Å². The summed E-state index contributed by atoms with van der Waals surface area (Å²) in [5.74, 6) is 0. The molecule has 0 bridgehead atoms. The zero-order chi connectivity index (χ0) is 9.26. The van der Waals surface area contributed by atoms with Crippen LogP contribution in [0.3, 0.4) is 0 Å². The van der Waals surface area contributed by atoms with Gasteiger partial charge in [0.05, 0.1) is 23.0 Å². The van der Waals surface area contributed by atoms with E-state index in [0.717, 1.165) is 16.5 Å². The average molecular weight is 191 g/mol. The molecule has 0 radical (unpaired) electrons. The topological polar surface area (TPSA) is 39.6 Å². The van der Waals surface area contributed by atoms with Crippen molar-refractivity contribution in [2.45, 2.75) is 6.42 Å². The van der Waals surface area contributed by atoms with E-state index in [-0.39, 0.29) is 0 Å². The Balaban J connectivity index is 2.71. The zero-order valence-electron chi connectivity index (χ0n) is 6.84. The van der Waals surface area contributed by atoms with Crippen molar-refractivity contribution in [1.82, 2.24) is 4.98 Å². The standard InChI is InChI=1S/C10H7ClN2/c11-9-6-13-10-7(4-5-12)2-1-3-8(9)10/h1-3,6,13H,4H2. The van der Waals surface area contributed by atoms with E-state index in [1.165, 1.54) is 0 Å². The van der Waals surface area contributed by atoms with Gasteiger partial charge in [-0.3, -0.25) is 0 Å². The van der Waals surface area contributed by atoms with E-state index in [2.05, 4.69) is 11.1 Å². The van der Waals surface area contributed by atoms with Gasteiger partial charge >= 0.3 is 0 Å². The second-order valence-electron chi connectivity index (χ2n) is 2.81. The third-order valence-corrected chi connectivity index (χ3v) is 2.33. The molecule has 0 fully saturated rings. The molecule has 13 heavy (non-hydrogen) atoms. The maximum atomic E-state index is 8.59. The summed E-state index contributed by atoms with van der Waals surface area (Å²) in [7, 11) is 0. The predicted molar refractivity (Wildman–Crippen MR) is 52.6 cm³/mol. The lowest BCUT2D eigenvalue weighted by Crippen LogP contribution is -1.82. The summed E-state index contributed by atoms with van der Waals surface area (Å²) in [6.07, 6.45) is 2.15. The van der Waals surface area contributed by atoms with Gasteiger partial charge in [0, 0.05) is 11.6 Å². The van der Waals surface area contributed by atoms with Crippen molar-refractivity contribution in [3.05, 3.63) is 35.0 Å². The third-order valence-electron chi connectivity index (χ3n) is 2.02. The number of hydrogen-bond acceptors (Lipinski definition) is 1. The van der Waals surface area contributed by atoms with E-state index in [1.54, 1.807) is 6.20 Å². The molecule has 2 rings (SSSR count). The molecule has 0 unspecified atom stereocenters. The van der Waals surface area contributed by atoms with Crippen LogP contribution in [0.2, 0.25) is 5.02 Å². The first-order valence-electron chi connectivity index (χ1n) is 3.94. The van der Waals surface area contributed by atoms with Gasteiger partial charge in [0.1, 0.15) is 0 Å². The van der Waals surface area contributed by atoms with Crippen LogP contribution in [-0.2, 0) is 6.42 Å². The fraction of sp³-hybridized carbons (Fsp3) is 0.100. The van der Waals surface area contributed by atoms with Crippen molar-refractivity contribution < 1.29 is 0 Å². The number of nitriles is 1. The third kappa shape index (κ3) is 1.28. The Morgan fingerprint density at radius 1 is 1.46 bits per heavy atom. The largest absolute Gasteiger partial charge is 0.359 e. The summed E-state index contributed by atoms with van der Waals surface area (Å²) in [5.41, 5.74) is 1.96. The van der Waals surface area contributed by atoms with Crippen LogP contribution >= 0.6 is 11.6 Å². The molecule has 64 valence electrons. The number of halogens is 1. The number of fused-ring (bicyclic) bond motifs is 1. The molecule has 1 aromatic heterocycles. The maximum absolute atomic E-state index is 8.59. The molecule has 0 spiro atoms. The van der Waals surface area contributed by atoms with E-state index in [4.69, 9.17) is 16.9 Å². The fourth-order valence-corrected chi connectivity index (χ4v) is 1.63. The number of benzene rings is 1. The van der Waals surface area contributed by atoms with E-state index >= 15 is 0 Å². The minimum atomic E-state index is 0.411. The smallest absolute Gasteiger partial charge is 0.0670 e. The van der Waals surface area contributed by atoms with Crippen molar-refractivity contribution in [3.8, 4) is 6.07 Å². The Morgan fingerprint density at radius 3 is 3.08 bits per heavy atom. The lowest BCUT2D eigenvalue weighted by Gasteiger charge is -1.96. The van der Waals surface area contributed by atoms with Crippen molar-refractivity contribution in [3.63, 3.8) is 0 Å². The van der Waals surface area contributed by atoms with Crippen LogP contribution in [-0.4, -0.2) is 4.98 Å². The highest BCUT2D eigenvalue weighted by Gasteiger charge is 2.04. The van der Waals surface area contributed by atoms with Crippen LogP contribution in [0, 0.1) is 11.3 Å². The predicted octanol–water partition coefficient (Wildman–Crippen LogP) is 2.89. The molecular formula is C10H7ClN2. The molecule has 1 aromatic carbocycles. The molecule has 0 saturated heterocycles. The summed E-state index contributed by atoms with van der Waals surface area (Å²) < 4.78 is 0. The molecular weight excluding hydrogens is 184 g/mol. The van der Waals surface area contributed by atoms with E-state index in [9.17, 15) is 0 Å². The van der Waals surface area contributed by atoms with Gasteiger partial charge in [-0.1, -0.05) is 29.8 Å². The summed E-state index contributed by atoms with van der Waals surface area (Å²) in [5, 5.41) is 10.3. The Labute approximate surface area is 80.7 Å². The SMILES string of the molecule is N#CCc1cccc2c(Cl)c[nH]c12. The summed E-state index contributed by atoms with van der Waals surface area (Å²) in [6.45, 7) is 0. The van der Waals surface area contributed by atoms with Gasteiger partial charge in [0.25, 0.3) is 0 Å². The van der Waals surface area contributed by atoms with Crippen LogP contribution in [0.15, 0.2) is 24.4 Å². The Bertz CT molecular complexity index is 479. The number of aromatic nitrogens is 1. The second kappa shape index (κ2) is 3.12. The first-order chi connectivity index (χ1) is 6.33. The van der Waals surface area contributed by atoms with Crippen LogP contribution in [0.5, 0.6) is 0 Å². The molecule has 0 aliphatic rings. The normalized spacial score (nSPS) is 10.2. The van der Waals surface area contributed by atoms with Gasteiger partial charge in [-0.25, -0.2) is 0 Å². The highest BCUT2D eigenvalue weighted by molar-refractivity contribution is 6.35. The first kappa shape index (κ1) is 8.15. The highest BCUT2D eigenvalue weighted by Crippen LogP contribution is 2.25. The van der Waals surface area contributed by atoms with Gasteiger partial charge in [0.15, 0.2) is 0 Å². The van der Waals surface area contributed by atoms with Crippen molar-refractivity contribution in [2.24, 2.45) is 0 Å². The fourth-order valence-electron chi connectivity index (χ4n) is 1.42. The number of aromatic amines is 1.